The zero-order valence-corrected chi connectivity index (χ0v) is 14.8. The van der Waals surface area contributed by atoms with E-state index in [2.05, 4.69) is 41.1 Å². The first-order chi connectivity index (χ1) is 12.6. The minimum Gasteiger partial charge on any atom is -0.348 e. The van der Waals surface area contributed by atoms with Crippen LogP contribution in [0.5, 0.6) is 0 Å². The molecule has 2 aliphatic rings. The standard InChI is InChI=1S/C21H23N3O2/c1-13-7-19(13)21(26)24-18-4-2-3-15(9-18)20(25)23-10-14-5-6-16-11-22-12-17(16)8-14/h2-6,8-9,13,19,22H,7,10-12H2,1H3,(H,23,25)(H,24,26). The molecule has 3 N–H and O–H groups in total. The first-order valence-corrected chi connectivity index (χ1v) is 9.10. The van der Waals surface area contributed by atoms with Gasteiger partial charge in [0.05, 0.1) is 0 Å². The van der Waals surface area contributed by atoms with E-state index in [1.165, 1.54) is 11.1 Å². The Balaban J connectivity index is 1.37. The number of carbonyl (C=O) groups excluding carboxylic acids is 2. The maximum atomic E-state index is 12.5. The largest absolute Gasteiger partial charge is 0.348 e. The van der Waals surface area contributed by atoms with Gasteiger partial charge in [0.25, 0.3) is 5.91 Å². The molecular weight excluding hydrogens is 326 g/mol. The monoisotopic (exact) mass is 349 g/mol. The Kier molecular flexibility index (Phi) is 4.47. The van der Waals surface area contributed by atoms with Crippen molar-refractivity contribution in [3.05, 3.63) is 64.7 Å². The van der Waals surface area contributed by atoms with E-state index >= 15 is 0 Å². The lowest BCUT2D eigenvalue weighted by Crippen LogP contribution is -2.23. The van der Waals surface area contributed by atoms with Crippen molar-refractivity contribution in [2.24, 2.45) is 11.8 Å². The summed E-state index contributed by atoms with van der Waals surface area (Å²) in [6.45, 7) is 4.37. The Morgan fingerprint density at radius 3 is 2.73 bits per heavy atom. The van der Waals surface area contributed by atoms with Crippen LogP contribution in [-0.4, -0.2) is 11.8 Å². The maximum Gasteiger partial charge on any atom is 0.251 e. The predicted octanol–water partition coefficient (Wildman–Crippen LogP) is 2.81. The minimum atomic E-state index is -0.139. The SMILES string of the molecule is CC1CC1C(=O)Nc1cccc(C(=O)NCc2ccc3c(c2)CNC3)c1. The molecule has 0 aromatic heterocycles. The van der Waals surface area contributed by atoms with Crippen LogP contribution in [0.4, 0.5) is 5.69 Å². The Hall–Kier alpha value is -2.66. The van der Waals surface area contributed by atoms with E-state index in [1.807, 2.05) is 6.07 Å². The van der Waals surface area contributed by atoms with Crippen molar-refractivity contribution in [2.75, 3.05) is 5.32 Å². The molecule has 1 fully saturated rings. The van der Waals surface area contributed by atoms with Crippen LogP contribution in [-0.2, 0) is 24.4 Å². The summed E-state index contributed by atoms with van der Waals surface area (Å²) in [5.74, 6) is 0.479. The fourth-order valence-electron chi connectivity index (χ4n) is 3.40. The van der Waals surface area contributed by atoms with Gasteiger partial charge in [0.15, 0.2) is 0 Å². The number of anilines is 1. The molecule has 2 amide bonds. The molecule has 1 aliphatic carbocycles. The molecule has 134 valence electrons. The van der Waals surface area contributed by atoms with Crippen LogP contribution in [0.2, 0.25) is 0 Å². The number of carbonyl (C=O) groups is 2. The Bertz CT molecular complexity index is 862. The van der Waals surface area contributed by atoms with Gasteiger partial charge in [0.1, 0.15) is 0 Å². The number of rotatable bonds is 5. The smallest absolute Gasteiger partial charge is 0.251 e. The van der Waals surface area contributed by atoms with Crippen LogP contribution in [0.25, 0.3) is 0 Å². The molecular formula is C21H23N3O2. The Labute approximate surface area is 153 Å². The topological polar surface area (TPSA) is 70.2 Å². The summed E-state index contributed by atoms with van der Waals surface area (Å²) < 4.78 is 0. The molecule has 0 saturated heterocycles. The van der Waals surface area contributed by atoms with Crippen molar-refractivity contribution in [3.63, 3.8) is 0 Å². The quantitative estimate of drug-likeness (QED) is 0.777. The zero-order chi connectivity index (χ0) is 18.1. The van der Waals surface area contributed by atoms with E-state index < -0.39 is 0 Å². The second-order valence-electron chi connectivity index (χ2n) is 7.28. The van der Waals surface area contributed by atoms with Gasteiger partial charge in [0.2, 0.25) is 5.91 Å². The predicted molar refractivity (Wildman–Crippen MR) is 100 cm³/mol. The van der Waals surface area contributed by atoms with Crippen molar-refractivity contribution in [1.82, 2.24) is 10.6 Å². The van der Waals surface area contributed by atoms with Crippen LogP contribution < -0.4 is 16.0 Å². The molecule has 5 heteroatoms. The fraction of sp³-hybridized carbons (Fsp3) is 0.333. The molecule has 2 aromatic rings. The van der Waals surface area contributed by atoms with Crippen molar-refractivity contribution < 1.29 is 9.59 Å². The summed E-state index contributed by atoms with van der Waals surface area (Å²) in [5.41, 5.74) is 4.94. The van der Waals surface area contributed by atoms with Gasteiger partial charge in [0, 0.05) is 36.8 Å². The van der Waals surface area contributed by atoms with E-state index in [1.54, 1.807) is 18.2 Å². The van der Waals surface area contributed by atoms with Gasteiger partial charge in [-0.1, -0.05) is 31.2 Å². The van der Waals surface area contributed by atoms with Crippen LogP contribution in [0, 0.1) is 11.8 Å². The Morgan fingerprint density at radius 2 is 1.92 bits per heavy atom. The Morgan fingerprint density at radius 1 is 1.12 bits per heavy atom. The molecule has 0 bridgehead atoms. The van der Waals surface area contributed by atoms with Crippen LogP contribution in [0.15, 0.2) is 42.5 Å². The summed E-state index contributed by atoms with van der Waals surface area (Å²) in [6.07, 6.45) is 0.947. The maximum absolute atomic E-state index is 12.5. The van der Waals surface area contributed by atoms with Gasteiger partial charge >= 0.3 is 0 Å². The molecule has 26 heavy (non-hydrogen) atoms. The van der Waals surface area contributed by atoms with Crippen molar-refractivity contribution >= 4 is 17.5 Å². The zero-order valence-electron chi connectivity index (χ0n) is 14.8. The molecule has 1 saturated carbocycles. The molecule has 4 rings (SSSR count). The summed E-state index contributed by atoms with van der Waals surface area (Å²) in [4.78, 5) is 24.5. The normalized spacial score (nSPS) is 20.3. The highest BCUT2D eigenvalue weighted by atomic mass is 16.2. The average Bonchev–Trinajstić information content (AvgIpc) is 3.20. The highest BCUT2D eigenvalue weighted by molar-refractivity contribution is 5.98. The molecule has 2 aromatic carbocycles. The molecule has 5 nitrogen and oxygen atoms in total. The third-order valence-electron chi connectivity index (χ3n) is 5.19. The van der Waals surface area contributed by atoms with Crippen LogP contribution in [0.1, 0.15) is 40.4 Å². The van der Waals surface area contributed by atoms with E-state index in [0.29, 0.717) is 23.7 Å². The van der Waals surface area contributed by atoms with Crippen LogP contribution >= 0.6 is 0 Å². The highest BCUT2D eigenvalue weighted by Gasteiger charge is 2.39. The third-order valence-corrected chi connectivity index (χ3v) is 5.19. The van der Waals surface area contributed by atoms with Crippen molar-refractivity contribution in [1.29, 1.82) is 0 Å². The van der Waals surface area contributed by atoms with Crippen molar-refractivity contribution in [3.8, 4) is 0 Å². The first kappa shape index (κ1) is 16.8. The van der Waals surface area contributed by atoms with E-state index in [9.17, 15) is 9.59 Å². The lowest BCUT2D eigenvalue weighted by atomic mass is 10.1. The number of hydrogen-bond acceptors (Lipinski definition) is 3. The number of hydrogen-bond donors (Lipinski definition) is 3. The number of nitrogens with one attached hydrogen (secondary N) is 3. The van der Waals surface area contributed by atoms with E-state index in [0.717, 1.165) is 25.1 Å². The third kappa shape index (κ3) is 3.63. The second-order valence-corrected chi connectivity index (χ2v) is 7.28. The second kappa shape index (κ2) is 6.92. The lowest BCUT2D eigenvalue weighted by Gasteiger charge is -2.09. The summed E-state index contributed by atoms with van der Waals surface area (Å²) in [5, 5.41) is 9.18. The summed E-state index contributed by atoms with van der Waals surface area (Å²) in [7, 11) is 0. The van der Waals surface area contributed by atoms with Gasteiger partial charge in [-0.25, -0.2) is 0 Å². The summed E-state index contributed by atoms with van der Waals surface area (Å²) in [6, 6.07) is 13.4. The molecule has 2 unspecified atom stereocenters. The minimum absolute atomic E-state index is 0.0433. The van der Waals surface area contributed by atoms with Crippen LogP contribution in [0.3, 0.4) is 0 Å². The molecule has 2 atom stereocenters. The molecule has 1 aliphatic heterocycles. The first-order valence-electron chi connectivity index (χ1n) is 9.10. The molecule has 0 radical (unpaired) electrons. The fourth-order valence-corrected chi connectivity index (χ4v) is 3.40. The number of fused-ring (bicyclic) bond motifs is 1. The molecule has 0 spiro atoms. The van der Waals surface area contributed by atoms with E-state index in [-0.39, 0.29) is 17.7 Å². The number of amides is 2. The van der Waals surface area contributed by atoms with Gasteiger partial charge in [-0.15, -0.1) is 0 Å². The van der Waals surface area contributed by atoms with E-state index in [4.69, 9.17) is 0 Å². The average molecular weight is 349 g/mol. The highest BCUT2D eigenvalue weighted by Crippen LogP contribution is 2.38. The number of benzene rings is 2. The van der Waals surface area contributed by atoms with Gasteiger partial charge < -0.3 is 16.0 Å². The lowest BCUT2D eigenvalue weighted by molar-refractivity contribution is -0.117. The van der Waals surface area contributed by atoms with Crippen molar-refractivity contribution in [2.45, 2.75) is 33.0 Å². The van der Waals surface area contributed by atoms with Gasteiger partial charge in [-0.05, 0) is 47.2 Å². The molecule has 1 heterocycles. The van der Waals surface area contributed by atoms with Gasteiger partial charge in [-0.2, -0.15) is 0 Å². The summed E-state index contributed by atoms with van der Waals surface area (Å²) >= 11 is 0. The van der Waals surface area contributed by atoms with Gasteiger partial charge in [-0.3, -0.25) is 9.59 Å².